The van der Waals surface area contributed by atoms with Crippen molar-refractivity contribution >= 4 is 27.8 Å². The monoisotopic (exact) mass is 802 g/mol. The number of carbonyl (C=O) groups excluding carboxylic acids is 3. The zero-order chi connectivity index (χ0) is 42.3. The van der Waals surface area contributed by atoms with Gasteiger partial charge in [0, 0.05) is 31.1 Å². The summed E-state index contributed by atoms with van der Waals surface area (Å²) >= 11 is 0. The second-order valence-corrected chi connectivity index (χ2v) is 18.2. The summed E-state index contributed by atoms with van der Waals surface area (Å²) < 4.78 is 36.4. The number of carbonyl (C=O) groups is 3. The third kappa shape index (κ3) is 17.4. The number of amides is 1. The van der Waals surface area contributed by atoms with Gasteiger partial charge in [0.15, 0.2) is 5.78 Å². The van der Waals surface area contributed by atoms with Gasteiger partial charge in [-0.1, -0.05) is 119 Å². The number of nitrogens with zero attached hydrogens (tertiary/aromatic N) is 1. The molecule has 0 aliphatic rings. The first-order valence-electron chi connectivity index (χ1n) is 19.7. The van der Waals surface area contributed by atoms with Gasteiger partial charge in [0.05, 0.1) is 10.3 Å². The van der Waals surface area contributed by atoms with Crippen LogP contribution in [0.2, 0.25) is 0 Å². The molecule has 1 amide bonds. The zero-order valence-corrected chi connectivity index (χ0v) is 39.7. The maximum atomic E-state index is 12.5. The minimum absolute atomic E-state index is 0. The molecule has 3 rings (SSSR count). The maximum absolute atomic E-state index is 12.5. The Kier molecular flexibility index (Phi) is 23.6. The fourth-order valence-corrected chi connectivity index (χ4v) is 6.61. The van der Waals surface area contributed by atoms with E-state index in [0.29, 0.717) is 52.9 Å². The molecule has 0 aromatic heterocycles. The predicted octanol–water partition coefficient (Wildman–Crippen LogP) is 8.01. The average molecular weight is 803 g/mol. The van der Waals surface area contributed by atoms with Crippen molar-refractivity contribution in [2.75, 3.05) is 14.1 Å². The summed E-state index contributed by atoms with van der Waals surface area (Å²) in [6, 6.07) is 22.4. The molecule has 306 valence electrons. The molecule has 3 atom stereocenters. The molecule has 0 aliphatic carbocycles. The van der Waals surface area contributed by atoms with Crippen LogP contribution in [-0.4, -0.2) is 49.6 Å². The van der Waals surface area contributed by atoms with E-state index in [4.69, 9.17) is 9.29 Å². The van der Waals surface area contributed by atoms with E-state index < -0.39 is 15.5 Å². The van der Waals surface area contributed by atoms with Crippen LogP contribution in [0, 0.1) is 40.9 Å². The van der Waals surface area contributed by atoms with Crippen LogP contribution < -0.4 is 34.3 Å². The van der Waals surface area contributed by atoms with Crippen LogP contribution >= 0.6 is 0 Å². The third-order valence-corrected chi connectivity index (χ3v) is 11.1. The molecule has 0 fully saturated rings. The van der Waals surface area contributed by atoms with E-state index in [1.165, 1.54) is 12.1 Å². The van der Waals surface area contributed by atoms with E-state index in [0.717, 1.165) is 18.4 Å². The van der Waals surface area contributed by atoms with Crippen LogP contribution in [0.15, 0.2) is 83.8 Å². The molecule has 0 saturated carbocycles. The van der Waals surface area contributed by atoms with Crippen LogP contribution in [-0.2, 0) is 19.7 Å². The van der Waals surface area contributed by atoms with Gasteiger partial charge in [-0.3, -0.25) is 18.9 Å². The summed E-state index contributed by atoms with van der Waals surface area (Å²) in [7, 11) is -0.426. The van der Waals surface area contributed by atoms with Crippen molar-refractivity contribution in [1.82, 2.24) is 4.90 Å². The van der Waals surface area contributed by atoms with Gasteiger partial charge < -0.3 is 9.64 Å². The predicted molar refractivity (Wildman–Crippen MR) is 225 cm³/mol. The molecule has 3 aromatic rings. The molecule has 8 nitrogen and oxygen atoms in total. The number of benzene rings is 3. The normalized spacial score (nSPS) is 13.4. The molecular formula is C46H69NNaO7S+. The van der Waals surface area contributed by atoms with Crippen molar-refractivity contribution in [2.45, 2.75) is 113 Å². The van der Waals surface area contributed by atoms with E-state index in [-0.39, 0.29) is 63.9 Å². The van der Waals surface area contributed by atoms with Crippen LogP contribution in [0.25, 0.3) is 0 Å². The number of hydrogen-bond donors (Lipinski definition) is 1. The van der Waals surface area contributed by atoms with Crippen LogP contribution in [0.4, 0.5) is 0 Å². The topological polar surface area (TPSA) is 118 Å². The molecule has 0 spiro atoms. The molecular weight excluding hydrogens is 734 g/mol. The summed E-state index contributed by atoms with van der Waals surface area (Å²) in [5.74, 6) is 3.38. The Bertz CT molecular complexity index is 1720. The minimum Gasteiger partial charge on any atom is -0.426 e. The van der Waals surface area contributed by atoms with Gasteiger partial charge in [0.25, 0.3) is 10.1 Å². The quantitative estimate of drug-likeness (QED) is 0.0544. The number of esters is 1. The van der Waals surface area contributed by atoms with E-state index in [1.807, 2.05) is 60.0 Å². The van der Waals surface area contributed by atoms with Gasteiger partial charge >= 0.3 is 35.5 Å². The SMILES string of the molecule is CC(C)CC(C(=O)N(C)C)C(C)C.CC(C)CC(c1ccc(S(=O)(=O)O)cc1)C(C)C.CCC(C)(C(=O)Oc1ccc(C(=O)c2ccccc2)cc1)C(C)C.[Na+]. The van der Waals surface area contributed by atoms with Gasteiger partial charge in [-0.25, -0.2) is 0 Å². The van der Waals surface area contributed by atoms with Crippen LogP contribution in [0.1, 0.15) is 130 Å². The van der Waals surface area contributed by atoms with Crippen molar-refractivity contribution in [1.29, 1.82) is 0 Å². The smallest absolute Gasteiger partial charge is 0.426 e. The largest absolute Gasteiger partial charge is 1.00 e. The Labute approximate surface area is 361 Å². The van der Waals surface area contributed by atoms with E-state index in [1.54, 1.807) is 53.4 Å². The summed E-state index contributed by atoms with van der Waals surface area (Å²) in [5, 5.41) is 0. The number of ketones is 1. The maximum Gasteiger partial charge on any atom is 1.00 e. The van der Waals surface area contributed by atoms with Crippen molar-refractivity contribution in [3.05, 3.63) is 95.6 Å². The summed E-state index contributed by atoms with van der Waals surface area (Å²) in [5.41, 5.74) is 1.83. The number of ether oxygens (including phenoxy) is 1. The molecule has 1 N–H and O–H groups in total. The molecule has 0 saturated heterocycles. The van der Waals surface area contributed by atoms with Gasteiger partial charge in [0.1, 0.15) is 5.75 Å². The number of hydrogen-bond acceptors (Lipinski definition) is 6. The molecule has 3 aromatic carbocycles. The summed E-state index contributed by atoms with van der Waals surface area (Å²) in [4.78, 5) is 38.2. The Morgan fingerprint density at radius 1 is 0.714 bits per heavy atom. The molecule has 56 heavy (non-hydrogen) atoms. The van der Waals surface area contributed by atoms with E-state index in [9.17, 15) is 22.8 Å². The van der Waals surface area contributed by atoms with Gasteiger partial charge in [-0.15, -0.1) is 0 Å². The van der Waals surface area contributed by atoms with E-state index >= 15 is 0 Å². The van der Waals surface area contributed by atoms with Crippen molar-refractivity contribution < 1.29 is 61.6 Å². The molecule has 0 heterocycles. The van der Waals surface area contributed by atoms with Gasteiger partial charge in [-0.2, -0.15) is 8.42 Å². The second kappa shape index (κ2) is 24.8. The zero-order valence-electron chi connectivity index (χ0n) is 36.9. The average Bonchev–Trinajstić information content (AvgIpc) is 3.12. The van der Waals surface area contributed by atoms with E-state index in [2.05, 4.69) is 55.4 Å². The summed E-state index contributed by atoms with van der Waals surface area (Å²) in [6.45, 7) is 25.2. The molecule has 0 bridgehead atoms. The first-order chi connectivity index (χ1) is 25.5. The third-order valence-electron chi connectivity index (χ3n) is 10.3. The fourth-order valence-electron chi connectivity index (χ4n) is 6.13. The van der Waals surface area contributed by atoms with Crippen molar-refractivity contribution in [3.8, 4) is 5.75 Å². The van der Waals surface area contributed by atoms with Crippen molar-refractivity contribution in [2.24, 2.45) is 40.9 Å². The first-order valence-corrected chi connectivity index (χ1v) is 21.1. The molecule has 0 aliphatic heterocycles. The Hall–Kier alpha value is -2.82. The number of rotatable bonds is 15. The minimum atomic E-state index is -4.09. The Balaban J connectivity index is 0.000000844. The van der Waals surface area contributed by atoms with Crippen LogP contribution in [0.3, 0.4) is 0 Å². The molecule has 3 unspecified atom stereocenters. The van der Waals surface area contributed by atoms with Crippen LogP contribution in [0.5, 0.6) is 5.75 Å². The summed E-state index contributed by atoms with van der Waals surface area (Å²) in [6.07, 6.45) is 2.78. The first kappa shape index (κ1) is 53.2. The Morgan fingerprint density at radius 2 is 1.20 bits per heavy atom. The van der Waals surface area contributed by atoms with Gasteiger partial charge in [-0.05, 0) is 104 Å². The standard InChI is InChI=1S/C21H24O3.C14H22O3S.C11H23NO.Na/c1-5-21(4,15(2)3)20(23)24-18-13-11-17(12-14-18)19(22)16-9-7-6-8-10-16;1-10(2)9-14(11(3)4)12-5-7-13(8-6-12)18(15,16)17;1-8(2)7-10(9(3)4)11(13)12(5)6;/h6-15H,5H2,1-4H3;5-8,10-11,14H,9H2,1-4H3,(H,15,16,17);8-10H,7H2,1-6H3;/q;;;+1. The van der Waals surface area contributed by atoms with Crippen molar-refractivity contribution in [3.63, 3.8) is 0 Å². The van der Waals surface area contributed by atoms with Gasteiger partial charge in [0.2, 0.25) is 5.91 Å². The Morgan fingerprint density at radius 3 is 1.57 bits per heavy atom. The fraction of sp³-hybridized carbons (Fsp3) is 0.543. The molecule has 10 heteroatoms. The molecule has 0 radical (unpaired) electrons. The second-order valence-electron chi connectivity index (χ2n) is 16.8.